The summed E-state index contributed by atoms with van der Waals surface area (Å²) in [5, 5.41) is 10.5. The van der Waals surface area contributed by atoms with Crippen LogP contribution in [0.1, 0.15) is 343 Å². The third-order valence-corrected chi connectivity index (χ3v) is 17.4. The van der Waals surface area contributed by atoms with Crippen LogP contribution in [0, 0.1) is 5.92 Å². The number of rotatable bonds is 67. The lowest BCUT2D eigenvalue weighted by atomic mass is 10.0. The molecule has 510 valence electrons. The van der Waals surface area contributed by atoms with Gasteiger partial charge in [0.2, 0.25) is 0 Å². The van der Waals surface area contributed by atoms with Gasteiger partial charge in [-0.15, -0.1) is 0 Å². The summed E-state index contributed by atoms with van der Waals surface area (Å²) < 4.78 is 68.0. The summed E-state index contributed by atoms with van der Waals surface area (Å²) in [6.07, 6.45) is 46.1. The molecule has 0 spiro atoms. The Kier molecular flexibility index (Phi) is 59.2. The Hall–Kier alpha value is -1.94. The third-order valence-electron chi connectivity index (χ3n) is 15.5. The van der Waals surface area contributed by atoms with Crippen LogP contribution in [0.25, 0.3) is 0 Å². The lowest BCUT2D eigenvalue weighted by Gasteiger charge is -2.21. The summed E-state index contributed by atoms with van der Waals surface area (Å²) in [5.41, 5.74) is 0. The number of carbonyl (C=O) groups is 4. The minimum Gasteiger partial charge on any atom is -0.462 e. The molecule has 0 rings (SSSR count). The first-order valence-electron chi connectivity index (χ1n) is 35.1. The van der Waals surface area contributed by atoms with Gasteiger partial charge in [0.05, 0.1) is 26.4 Å². The van der Waals surface area contributed by atoms with E-state index in [-0.39, 0.29) is 25.7 Å². The molecule has 0 fully saturated rings. The fourth-order valence-electron chi connectivity index (χ4n) is 10.1. The first-order valence-corrected chi connectivity index (χ1v) is 38.1. The van der Waals surface area contributed by atoms with Crippen LogP contribution in [0.15, 0.2) is 0 Å². The standard InChI is InChI=1S/C67H130O17P2/c1-6-9-12-15-17-19-21-22-25-29-32-36-41-46-51-65(70)78-57-63(84-67(72)53-48-43-38-34-30-26-23-24-28-31-35-40-44-49-60(4)5)59-82-86(75,76)80-55-61(68)54-79-85(73,74)81-58-62(56-77-64(69)50-45-39-14-11-8-3)83-66(71)52-47-42-37-33-27-20-18-16-13-10-7-2/h60-63,68H,6-59H2,1-5H3,(H,73,74)(H,75,76)/t61-,62+,63+/m0/s1. The van der Waals surface area contributed by atoms with Crippen LogP contribution in [0.2, 0.25) is 0 Å². The normalized spacial score (nSPS) is 14.2. The summed E-state index contributed by atoms with van der Waals surface area (Å²) in [6, 6.07) is 0. The molecule has 0 aliphatic heterocycles. The number of ether oxygens (including phenoxy) is 4. The number of carbonyl (C=O) groups excluding carboxylic acids is 4. The third kappa shape index (κ3) is 60.9. The number of phosphoric ester groups is 2. The van der Waals surface area contributed by atoms with E-state index < -0.39 is 97.5 Å². The van der Waals surface area contributed by atoms with Crippen molar-refractivity contribution in [3.63, 3.8) is 0 Å². The van der Waals surface area contributed by atoms with E-state index in [0.29, 0.717) is 25.7 Å². The zero-order valence-corrected chi connectivity index (χ0v) is 57.2. The molecule has 86 heavy (non-hydrogen) atoms. The maximum atomic E-state index is 13.0. The van der Waals surface area contributed by atoms with Crippen LogP contribution in [0.5, 0.6) is 0 Å². The van der Waals surface area contributed by atoms with Gasteiger partial charge in [-0.3, -0.25) is 37.3 Å². The molecule has 0 bridgehead atoms. The van der Waals surface area contributed by atoms with Crippen LogP contribution >= 0.6 is 15.6 Å². The van der Waals surface area contributed by atoms with Gasteiger partial charge in [-0.2, -0.15) is 0 Å². The van der Waals surface area contributed by atoms with E-state index in [0.717, 1.165) is 102 Å². The first kappa shape index (κ1) is 84.1. The van der Waals surface area contributed by atoms with E-state index in [4.69, 9.17) is 37.0 Å². The molecule has 0 aromatic carbocycles. The molecule has 0 amide bonds. The fourth-order valence-corrected chi connectivity index (χ4v) is 11.7. The van der Waals surface area contributed by atoms with Crippen molar-refractivity contribution in [2.24, 2.45) is 5.92 Å². The molecule has 0 aromatic heterocycles. The van der Waals surface area contributed by atoms with Gasteiger partial charge in [0.1, 0.15) is 19.3 Å². The van der Waals surface area contributed by atoms with Gasteiger partial charge in [-0.25, -0.2) is 9.13 Å². The fraction of sp³-hybridized carbons (Fsp3) is 0.940. The summed E-state index contributed by atoms with van der Waals surface area (Å²) in [7, 11) is -9.88. The average molecular weight is 1270 g/mol. The van der Waals surface area contributed by atoms with Gasteiger partial charge in [0, 0.05) is 25.7 Å². The highest BCUT2D eigenvalue weighted by atomic mass is 31.2. The van der Waals surface area contributed by atoms with Crippen LogP contribution in [-0.2, 0) is 65.4 Å². The molecular weight excluding hydrogens is 1140 g/mol. The molecule has 0 radical (unpaired) electrons. The van der Waals surface area contributed by atoms with Crippen LogP contribution in [-0.4, -0.2) is 96.7 Å². The second kappa shape index (κ2) is 60.6. The molecule has 0 aliphatic carbocycles. The van der Waals surface area contributed by atoms with Gasteiger partial charge >= 0.3 is 39.5 Å². The molecule has 0 saturated heterocycles. The van der Waals surface area contributed by atoms with Crippen LogP contribution < -0.4 is 0 Å². The predicted octanol–water partition coefficient (Wildman–Crippen LogP) is 19.0. The largest absolute Gasteiger partial charge is 0.472 e. The second-order valence-electron chi connectivity index (χ2n) is 24.7. The first-order chi connectivity index (χ1) is 41.5. The molecule has 19 heteroatoms. The van der Waals surface area contributed by atoms with E-state index in [2.05, 4.69) is 34.6 Å². The number of hydrogen-bond donors (Lipinski definition) is 3. The summed E-state index contributed by atoms with van der Waals surface area (Å²) in [6.45, 7) is 7.15. The quantitative estimate of drug-likeness (QED) is 0.0222. The molecule has 0 aromatic rings. The van der Waals surface area contributed by atoms with Crippen molar-refractivity contribution in [2.75, 3.05) is 39.6 Å². The molecular formula is C67H130O17P2. The van der Waals surface area contributed by atoms with Gasteiger partial charge in [-0.05, 0) is 31.6 Å². The van der Waals surface area contributed by atoms with Crippen LogP contribution in [0.3, 0.4) is 0 Å². The molecule has 5 atom stereocenters. The Labute approximate surface area is 524 Å². The SMILES string of the molecule is CCCCCCCCCCCCCCCCC(=O)OC[C@H](COP(=O)(O)OC[C@@H](O)COP(=O)(O)OC[C@@H](COC(=O)CCCCCCC)OC(=O)CCCCCCCCCCCCC)OC(=O)CCCCCCCCCCCCCCCC(C)C. The van der Waals surface area contributed by atoms with Gasteiger partial charge in [-0.1, -0.05) is 291 Å². The van der Waals surface area contributed by atoms with Crippen molar-refractivity contribution in [1.29, 1.82) is 0 Å². The Balaban J connectivity index is 5.16. The average Bonchev–Trinajstić information content (AvgIpc) is 3.60. The van der Waals surface area contributed by atoms with Crippen molar-refractivity contribution in [3.05, 3.63) is 0 Å². The predicted molar refractivity (Wildman–Crippen MR) is 345 cm³/mol. The number of aliphatic hydroxyl groups excluding tert-OH is 1. The lowest BCUT2D eigenvalue weighted by molar-refractivity contribution is -0.161. The number of aliphatic hydroxyl groups is 1. The van der Waals surface area contributed by atoms with E-state index in [1.54, 1.807) is 0 Å². The van der Waals surface area contributed by atoms with Crippen molar-refractivity contribution in [1.82, 2.24) is 0 Å². The van der Waals surface area contributed by atoms with Gasteiger partial charge in [0.25, 0.3) is 0 Å². The Morgan fingerprint density at radius 1 is 0.314 bits per heavy atom. The van der Waals surface area contributed by atoms with Crippen molar-refractivity contribution < 1.29 is 80.2 Å². The van der Waals surface area contributed by atoms with Crippen LogP contribution in [0.4, 0.5) is 0 Å². The number of unbranched alkanes of at least 4 members (excludes halogenated alkanes) is 39. The van der Waals surface area contributed by atoms with Crippen molar-refractivity contribution in [2.45, 2.75) is 361 Å². The summed E-state index contributed by atoms with van der Waals surface area (Å²) >= 11 is 0. The maximum Gasteiger partial charge on any atom is 0.472 e. The summed E-state index contributed by atoms with van der Waals surface area (Å²) in [5.74, 6) is -1.35. The Morgan fingerprint density at radius 2 is 0.535 bits per heavy atom. The van der Waals surface area contributed by atoms with E-state index in [1.165, 1.54) is 161 Å². The number of esters is 4. The highest BCUT2D eigenvalue weighted by Gasteiger charge is 2.30. The molecule has 2 unspecified atom stereocenters. The van der Waals surface area contributed by atoms with E-state index >= 15 is 0 Å². The molecule has 17 nitrogen and oxygen atoms in total. The zero-order chi connectivity index (χ0) is 63.5. The smallest absolute Gasteiger partial charge is 0.462 e. The number of phosphoric acid groups is 2. The number of hydrogen-bond acceptors (Lipinski definition) is 15. The lowest BCUT2D eigenvalue weighted by Crippen LogP contribution is -2.30. The van der Waals surface area contributed by atoms with Crippen molar-refractivity contribution >= 4 is 39.5 Å². The second-order valence-corrected chi connectivity index (χ2v) is 27.6. The van der Waals surface area contributed by atoms with E-state index in [9.17, 15) is 43.2 Å². The Morgan fingerprint density at radius 3 is 0.791 bits per heavy atom. The topological polar surface area (TPSA) is 237 Å². The van der Waals surface area contributed by atoms with Gasteiger partial charge in [0.15, 0.2) is 12.2 Å². The minimum absolute atomic E-state index is 0.106. The van der Waals surface area contributed by atoms with Gasteiger partial charge < -0.3 is 33.8 Å². The van der Waals surface area contributed by atoms with Crippen molar-refractivity contribution in [3.8, 4) is 0 Å². The zero-order valence-electron chi connectivity index (χ0n) is 55.4. The minimum atomic E-state index is -4.95. The highest BCUT2D eigenvalue weighted by Crippen LogP contribution is 2.45. The highest BCUT2D eigenvalue weighted by molar-refractivity contribution is 7.47. The molecule has 3 N–H and O–H groups in total. The maximum absolute atomic E-state index is 13.0. The Bertz CT molecular complexity index is 1670. The molecule has 0 aliphatic rings. The van der Waals surface area contributed by atoms with E-state index in [1.807, 2.05) is 0 Å². The molecule has 0 heterocycles. The summed E-state index contributed by atoms with van der Waals surface area (Å²) in [4.78, 5) is 72.1. The molecule has 0 saturated carbocycles. The monoisotopic (exact) mass is 1270 g/mol.